The van der Waals surface area contributed by atoms with Crippen LogP contribution in [0.5, 0.6) is 0 Å². The second-order valence-corrected chi connectivity index (χ2v) is 4.59. The van der Waals surface area contributed by atoms with Crippen molar-refractivity contribution in [1.29, 1.82) is 0 Å². The van der Waals surface area contributed by atoms with Gasteiger partial charge in [-0.05, 0) is 45.1 Å². The number of fused-ring (bicyclic) bond motifs is 1. The second kappa shape index (κ2) is 4.26. The van der Waals surface area contributed by atoms with Crippen LogP contribution in [-0.4, -0.2) is 35.1 Å². The zero-order valence-corrected chi connectivity index (χ0v) is 10.5. The molecule has 0 atom stereocenters. The molecule has 0 aliphatic rings. The van der Waals surface area contributed by atoms with Gasteiger partial charge in [-0.3, -0.25) is 0 Å². The van der Waals surface area contributed by atoms with Crippen LogP contribution >= 0.6 is 0 Å². The van der Waals surface area contributed by atoms with E-state index in [9.17, 15) is 0 Å². The van der Waals surface area contributed by atoms with E-state index in [0.717, 1.165) is 24.3 Å². The molecule has 0 aliphatic heterocycles. The van der Waals surface area contributed by atoms with E-state index in [0.29, 0.717) is 0 Å². The van der Waals surface area contributed by atoms with Crippen molar-refractivity contribution in [3.63, 3.8) is 0 Å². The molecule has 0 saturated carbocycles. The smallest absolute Gasteiger partial charge is 0.106 e. The maximum atomic E-state index is 4.55. The van der Waals surface area contributed by atoms with Crippen LogP contribution in [0, 0.1) is 6.92 Å². The summed E-state index contributed by atoms with van der Waals surface area (Å²) in [5.41, 5.74) is 3.68. The number of imidazole rings is 1. The summed E-state index contributed by atoms with van der Waals surface area (Å²) in [5.74, 6) is 1.07. The molecule has 0 amide bonds. The molecule has 0 radical (unpaired) electrons. The van der Waals surface area contributed by atoms with Gasteiger partial charge >= 0.3 is 0 Å². The molecular weight excluding hydrogens is 198 g/mol. The van der Waals surface area contributed by atoms with Crippen molar-refractivity contribution in [2.75, 3.05) is 20.6 Å². The molecule has 0 aliphatic carbocycles. The van der Waals surface area contributed by atoms with Gasteiger partial charge in [-0.2, -0.15) is 0 Å². The normalized spacial score (nSPS) is 11.6. The summed E-state index contributed by atoms with van der Waals surface area (Å²) in [6, 6.07) is 6.57. The quantitative estimate of drug-likeness (QED) is 0.784. The van der Waals surface area contributed by atoms with Crippen LogP contribution in [0.1, 0.15) is 11.4 Å². The number of hydrogen-bond acceptors (Lipinski definition) is 2. The van der Waals surface area contributed by atoms with Crippen LogP contribution in [0.3, 0.4) is 0 Å². The third-order valence-electron chi connectivity index (χ3n) is 3.02. The second-order valence-electron chi connectivity index (χ2n) is 4.59. The minimum absolute atomic E-state index is 1.07. The van der Waals surface area contributed by atoms with E-state index in [1.165, 1.54) is 11.1 Å². The third-order valence-corrected chi connectivity index (χ3v) is 3.02. The highest BCUT2D eigenvalue weighted by Gasteiger charge is 2.04. The van der Waals surface area contributed by atoms with E-state index in [2.05, 4.69) is 53.8 Å². The van der Waals surface area contributed by atoms with E-state index < -0.39 is 0 Å². The maximum absolute atomic E-state index is 4.55. The molecule has 2 rings (SSSR count). The molecule has 0 unspecified atom stereocenters. The summed E-state index contributed by atoms with van der Waals surface area (Å²) in [7, 11) is 6.26. The standard InChI is InChI=1S/C13H19N3/c1-10-14-12-9-11(7-8-15(2)3)5-6-13(12)16(10)4/h5-6,9H,7-8H2,1-4H3. The van der Waals surface area contributed by atoms with E-state index in [1.807, 2.05) is 6.92 Å². The molecule has 1 heterocycles. The summed E-state index contributed by atoms with van der Waals surface area (Å²) in [4.78, 5) is 6.75. The van der Waals surface area contributed by atoms with Crippen molar-refractivity contribution >= 4 is 11.0 Å². The Bertz CT molecular complexity index is 497. The van der Waals surface area contributed by atoms with Crippen molar-refractivity contribution < 1.29 is 0 Å². The lowest BCUT2D eigenvalue weighted by Gasteiger charge is -2.08. The first-order valence-electron chi connectivity index (χ1n) is 5.64. The van der Waals surface area contributed by atoms with E-state index >= 15 is 0 Å². The Hall–Kier alpha value is -1.35. The first-order chi connectivity index (χ1) is 7.58. The molecule has 1 aromatic heterocycles. The summed E-state index contributed by atoms with van der Waals surface area (Å²) < 4.78 is 2.13. The molecular formula is C13H19N3. The van der Waals surface area contributed by atoms with Gasteiger partial charge in [0.15, 0.2) is 0 Å². The van der Waals surface area contributed by atoms with Gasteiger partial charge < -0.3 is 9.47 Å². The van der Waals surface area contributed by atoms with Crippen molar-refractivity contribution in [1.82, 2.24) is 14.5 Å². The number of benzene rings is 1. The van der Waals surface area contributed by atoms with E-state index in [1.54, 1.807) is 0 Å². The zero-order valence-electron chi connectivity index (χ0n) is 10.5. The summed E-state index contributed by atoms with van der Waals surface area (Å²) in [6.45, 7) is 3.12. The third kappa shape index (κ3) is 2.09. The Kier molecular flexibility index (Phi) is 2.97. The highest BCUT2D eigenvalue weighted by molar-refractivity contribution is 5.76. The minimum atomic E-state index is 1.07. The molecule has 16 heavy (non-hydrogen) atoms. The predicted molar refractivity (Wildman–Crippen MR) is 67.7 cm³/mol. The molecule has 3 nitrogen and oxygen atoms in total. The lowest BCUT2D eigenvalue weighted by atomic mass is 10.1. The average Bonchev–Trinajstić information content (AvgIpc) is 2.52. The molecule has 0 bridgehead atoms. The van der Waals surface area contributed by atoms with E-state index in [-0.39, 0.29) is 0 Å². The molecule has 3 heteroatoms. The van der Waals surface area contributed by atoms with Crippen LogP contribution in [-0.2, 0) is 13.5 Å². The largest absolute Gasteiger partial charge is 0.331 e. The number of aryl methyl sites for hydroxylation is 2. The summed E-state index contributed by atoms with van der Waals surface area (Å²) in [5, 5.41) is 0. The first-order valence-corrected chi connectivity index (χ1v) is 5.64. The van der Waals surface area contributed by atoms with Gasteiger partial charge in [0.2, 0.25) is 0 Å². The molecule has 0 N–H and O–H groups in total. The van der Waals surface area contributed by atoms with Gasteiger partial charge in [-0.15, -0.1) is 0 Å². The first kappa shape index (κ1) is 11.1. The monoisotopic (exact) mass is 217 g/mol. The van der Waals surface area contributed by atoms with Gasteiger partial charge in [-0.1, -0.05) is 6.07 Å². The van der Waals surface area contributed by atoms with Gasteiger partial charge in [-0.25, -0.2) is 4.98 Å². The average molecular weight is 217 g/mol. The predicted octanol–water partition coefficient (Wildman–Crippen LogP) is 1.99. The highest BCUT2D eigenvalue weighted by Crippen LogP contribution is 2.16. The van der Waals surface area contributed by atoms with Crippen LogP contribution in [0.15, 0.2) is 18.2 Å². The van der Waals surface area contributed by atoms with Crippen LogP contribution in [0.4, 0.5) is 0 Å². The lowest BCUT2D eigenvalue weighted by molar-refractivity contribution is 0.414. The van der Waals surface area contributed by atoms with Gasteiger partial charge in [0.25, 0.3) is 0 Å². The summed E-state index contributed by atoms with van der Waals surface area (Å²) >= 11 is 0. The van der Waals surface area contributed by atoms with Crippen LogP contribution < -0.4 is 0 Å². The lowest BCUT2D eigenvalue weighted by Crippen LogP contribution is -2.14. The fourth-order valence-corrected chi connectivity index (χ4v) is 1.87. The Labute approximate surface area is 96.7 Å². The van der Waals surface area contributed by atoms with Crippen molar-refractivity contribution in [2.24, 2.45) is 7.05 Å². The zero-order chi connectivity index (χ0) is 11.7. The minimum Gasteiger partial charge on any atom is -0.331 e. The number of rotatable bonds is 3. The van der Waals surface area contributed by atoms with Crippen LogP contribution in [0.25, 0.3) is 11.0 Å². The molecule has 2 aromatic rings. The topological polar surface area (TPSA) is 21.1 Å². The van der Waals surface area contributed by atoms with Gasteiger partial charge in [0, 0.05) is 13.6 Å². The Morgan fingerprint density at radius 1 is 1.31 bits per heavy atom. The van der Waals surface area contributed by atoms with Crippen molar-refractivity contribution in [3.8, 4) is 0 Å². The molecule has 0 fully saturated rings. The number of hydrogen-bond donors (Lipinski definition) is 0. The fourth-order valence-electron chi connectivity index (χ4n) is 1.87. The molecule has 86 valence electrons. The maximum Gasteiger partial charge on any atom is 0.106 e. The Balaban J connectivity index is 2.30. The Morgan fingerprint density at radius 2 is 2.06 bits per heavy atom. The number of aromatic nitrogens is 2. The summed E-state index contributed by atoms with van der Waals surface area (Å²) in [6.07, 6.45) is 1.08. The molecule has 1 aromatic carbocycles. The number of likely N-dealkylation sites (N-methyl/N-ethyl adjacent to an activating group) is 1. The van der Waals surface area contributed by atoms with Crippen molar-refractivity contribution in [2.45, 2.75) is 13.3 Å². The van der Waals surface area contributed by atoms with Gasteiger partial charge in [0.05, 0.1) is 11.0 Å². The number of nitrogens with zero attached hydrogens (tertiary/aromatic N) is 3. The fraction of sp³-hybridized carbons (Fsp3) is 0.462. The van der Waals surface area contributed by atoms with Crippen LogP contribution in [0.2, 0.25) is 0 Å². The SMILES string of the molecule is Cc1nc2cc(CCN(C)C)ccc2n1C. The Morgan fingerprint density at radius 3 is 2.75 bits per heavy atom. The van der Waals surface area contributed by atoms with Crippen molar-refractivity contribution in [3.05, 3.63) is 29.6 Å². The van der Waals surface area contributed by atoms with E-state index in [4.69, 9.17) is 0 Å². The molecule has 0 spiro atoms. The molecule has 0 saturated heterocycles. The van der Waals surface area contributed by atoms with Gasteiger partial charge in [0.1, 0.15) is 5.82 Å². The highest BCUT2D eigenvalue weighted by atomic mass is 15.1.